The molecule has 0 unspecified atom stereocenters. The molecule has 1 aromatic carbocycles. The van der Waals surface area contributed by atoms with Crippen molar-refractivity contribution in [1.82, 2.24) is 9.78 Å². The first-order valence-electron chi connectivity index (χ1n) is 6.57. The second kappa shape index (κ2) is 6.59. The predicted octanol–water partition coefficient (Wildman–Crippen LogP) is 2.70. The van der Waals surface area contributed by atoms with Gasteiger partial charge in [0.25, 0.3) is 5.56 Å². The van der Waals surface area contributed by atoms with Crippen molar-refractivity contribution in [2.45, 2.75) is 19.1 Å². The highest BCUT2D eigenvalue weighted by Gasteiger charge is 2.30. The highest BCUT2D eigenvalue weighted by Crippen LogP contribution is 2.30. The van der Waals surface area contributed by atoms with Gasteiger partial charge in [0.2, 0.25) is 0 Å². The molecule has 2 N–H and O–H groups in total. The Morgan fingerprint density at radius 1 is 1.43 bits per heavy atom. The van der Waals surface area contributed by atoms with Crippen LogP contribution < -0.4 is 10.9 Å². The summed E-state index contributed by atoms with van der Waals surface area (Å²) in [6.07, 6.45) is -3.31. The number of hydrogen-bond donors (Lipinski definition) is 2. The smallest absolute Gasteiger partial charge is 0.394 e. The summed E-state index contributed by atoms with van der Waals surface area (Å²) >= 11 is 5.94. The van der Waals surface area contributed by atoms with Gasteiger partial charge in [0.1, 0.15) is 5.02 Å². The molecule has 0 aliphatic carbocycles. The lowest BCUT2D eigenvalue weighted by Gasteiger charge is -2.14. The molecule has 0 saturated heterocycles. The number of aromatic nitrogens is 2. The molecule has 0 aliphatic rings. The maximum Gasteiger partial charge on any atom is 0.416 e. The minimum atomic E-state index is -4.53. The molecule has 0 bridgehead atoms. The Hall–Kier alpha value is -2.06. The highest BCUT2D eigenvalue weighted by atomic mass is 35.5. The van der Waals surface area contributed by atoms with Crippen LogP contribution >= 0.6 is 11.6 Å². The number of aliphatic hydroxyl groups is 1. The normalized spacial score (nSPS) is 13.0. The molecule has 0 amide bonds. The van der Waals surface area contributed by atoms with Gasteiger partial charge in [0.05, 0.1) is 29.7 Å². The lowest BCUT2D eigenvalue weighted by atomic mass is 10.2. The third kappa shape index (κ3) is 3.83. The van der Waals surface area contributed by atoms with Crippen LogP contribution in [0.5, 0.6) is 0 Å². The molecular formula is C14H13ClF3N3O2. The number of benzene rings is 1. The Kier molecular flexibility index (Phi) is 4.96. The number of nitrogens with one attached hydrogen (secondary N) is 1. The summed E-state index contributed by atoms with van der Waals surface area (Å²) in [4.78, 5) is 12.2. The monoisotopic (exact) mass is 347 g/mol. The van der Waals surface area contributed by atoms with Crippen LogP contribution in [0.1, 0.15) is 12.5 Å². The van der Waals surface area contributed by atoms with Gasteiger partial charge in [-0.3, -0.25) is 4.79 Å². The van der Waals surface area contributed by atoms with E-state index in [1.807, 2.05) is 0 Å². The first kappa shape index (κ1) is 17.3. The van der Waals surface area contributed by atoms with E-state index in [0.717, 1.165) is 16.8 Å². The van der Waals surface area contributed by atoms with Crippen LogP contribution in [0.3, 0.4) is 0 Å². The van der Waals surface area contributed by atoms with Gasteiger partial charge >= 0.3 is 6.18 Å². The highest BCUT2D eigenvalue weighted by molar-refractivity contribution is 6.32. The number of halogens is 4. The van der Waals surface area contributed by atoms with Crippen molar-refractivity contribution >= 4 is 17.3 Å². The van der Waals surface area contributed by atoms with Crippen LogP contribution in [0.2, 0.25) is 5.02 Å². The van der Waals surface area contributed by atoms with Crippen LogP contribution in [0.4, 0.5) is 18.9 Å². The zero-order valence-corrected chi connectivity index (χ0v) is 12.7. The lowest BCUT2D eigenvalue weighted by molar-refractivity contribution is -0.137. The molecule has 23 heavy (non-hydrogen) atoms. The van der Waals surface area contributed by atoms with E-state index in [1.165, 1.54) is 18.3 Å². The van der Waals surface area contributed by atoms with Crippen LogP contribution in [-0.2, 0) is 6.18 Å². The second-order valence-electron chi connectivity index (χ2n) is 4.87. The van der Waals surface area contributed by atoms with Crippen molar-refractivity contribution < 1.29 is 18.3 Å². The third-order valence-corrected chi connectivity index (χ3v) is 3.38. The second-order valence-corrected chi connectivity index (χ2v) is 5.24. The fourth-order valence-corrected chi connectivity index (χ4v) is 2.03. The summed E-state index contributed by atoms with van der Waals surface area (Å²) in [5.74, 6) is 0. The molecule has 1 aromatic heterocycles. The standard InChI is InChI=1S/C14H13ClF3N3O2/c1-8(7-22)20-11-6-19-21(13(23)12(11)15)10-4-2-3-9(5-10)14(16,17)18/h2-6,8,20,22H,7H2,1H3/t8-/m1/s1. The van der Waals surface area contributed by atoms with Gasteiger partial charge in [0, 0.05) is 6.04 Å². The van der Waals surface area contributed by atoms with E-state index in [1.54, 1.807) is 6.92 Å². The van der Waals surface area contributed by atoms with Gasteiger partial charge in [-0.1, -0.05) is 17.7 Å². The number of hydrogen-bond acceptors (Lipinski definition) is 4. The summed E-state index contributed by atoms with van der Waals surface area (Å²) in [5.41, 5.74) is -1.51. The number of rotatable bonds is 4. The molecule has 0 saturated carbocycles. The zero-order chi connectivity index (χ0) is 17.2. The van der Waals surface area contributed by atoms with Gasteiger partial charge in [-0.2, -0.15) is 23.0 Å². The molecule has 1 atom stereocenters. The van der Waals surface area contributed by atoms with Gasteiger partial charge in [-0.15, -0.1) is 0 Å². The molecule has 124 valence electrons. The van der Waals surface area contributed by atoms with Gasteiger partial charge in [0.15, 0.2) is 0 Å². The minimum absolute atomic E-state index is 0.0477. The van der Waals surface area contributed by atoms with Gasteiger partial charge < -0.3 is 10.4 Å². The van der Waals surface area contributed by atoms with Crippen LogP contribution in [0, 0.1) is 0 Å². The van der Waals surface area contributed by atoms with E-state index in [4.69, 9.17) is 16.7 Å². The SMILES string of the molecule is C[C@H](CO)Nc1cnn(-c2cccc(C(F)(F)F)c2)c(=O)c1Cl. The molecule has 2 aromatic rings. The Morgan fingerprint density at radius 2 is 2.13 bits per heavy atom. The number of aliphatic hydroxyl groups excluding tert-OH is 1. The lowest BCUT2D eigenvalue weighted by Crippen LogP contribution is -2.26. The predicted molar refractivity (Wildman–Crippen MR) is 80.0 cm³/mol. The third-order valence-electron chi connectivity index (χ3n) is 3.01. The first-order chi connectivity index (χ1) is 10.7. The van der Waals surface area contributed by atoms with Gasteiger partial charge in [-0.05, 0) is 25.1 Å². The maximum absolute atomic E-state index is 12.7. The minimum Gasteiger partial charge on any atom is -0.394 e. The fourth-order valence-electron chi connectivity index (χ4n) is 1.84. The van der Waals surface area contributed by atoms with E-state index in [0.29, 0.717) is 0 Å². The largest absolute Gasteiger partial charge is 0.416 e. The van der Waals surface area contributed by atoms with Crippen molar-refractivity contribution in [1.29, 1.82) is 0 Å². The average molecular weight is 348 g/mol. The van der Waals surface area contributed by atoms with Crippen LogP contribution in [0.25, 0.3) is 5.69 Å². The Morgan fingerprint density at radius 3 is 2.74 bits per heavy atom. The van der Waals surface area contributed by atoms with E-state index >= 15 is 0 Å². The van der Waals surface area contributed by atoms with Crippen LogP contribution in [-0.4, -0.2) is 27.5 Å². The Balaban J connectivity index is 2.46. The molecular weight excluding hydrogens is 335 g/mol. The molecule has 1 heterocycles. The molecule has 0 radical (unpaired) electrons. The first-order valence-corrected chi connectivity index (χ1v) is 6.94. The summed E-state index contributed by atoms with van der Waals surface area (Å²) in [6, 6.07) is 3.85. The molecule has 5 nitrogen and oxygen atoms in total. The number of alkyl halides is 3. The van der Waals surface area contributed by atoms with Crippen molar-refractivity contribution in [2.75, 3.05) is 11.9 Å². The van der Waals surface area contributed by atoms with Crippen molar-refractivity contribution in [2.24, 2.45) is 0 Å². The van der Waals surface area contributed by atoms with Crippen molar-refractivity contribution in [3.63, 3.8) is 0 Å². The molecule has 2 rings (SSSR count). The van der Waals surface area contributed by atoms with E-state index in [2.05, 4.69) is 10.4 Å². The zero-order valence-electron chi connectivity index (χ0n) is 11.9. The molecule has 0 aliphatic heterocycles. The fraction of sp³-hybridized carbons (Fsp3) is 0.286. The van der Waals surface area contributed by atoms with Crippen molar-refractivity contribution in [3.05, 3.63) is 51.4 Å². The molecule has 0 spiro atoms. The summed E-state index contributed by atoms with van der Waals surface area (Å²) in [6.45, 7) is 1.47. The number of anilines is 1. The maximum atomic E-state index is 12.7. The summed E-state index contributed by atoms with van der Waals surface area (Å²) in [5, 5.41) is 15.4. The Bertz CT molecular complexity index is 762. The number of nitrogens with zero attached hydrogens (tertiary/aromatic N) is 2. The average Bonchev–Trinajstić information content (AvgIpc) is 2.51. The quantitative estimate of drug-likeness (QED) is 0.892. The Labute approximate surface area is 134 Å². The summed E-state index contributed by atoms with van der Waals surface area (Å²) in [7, 11) is 0. The van der Waals surface area contributed by atoms with Crippen LogP contribution in [0.15, 0.2) is 35.3 Å². The van der Waals surface area contributed by atoms with E-state index < -0.39 is 17.3 Å². The van der Waals surface area contributed by atoms with Crippen molar-refractivity contribution in [3.8, 4) is 5.69 Å². The van der Waals surface area contributed by atoms with E-state index in [-0.39, 0.29) is 29.0 Å². The topological polar surface area (TPSA) is 67.2 Å². The van der Waals surface area contributed by atoms with Gasteiger partial charge in [-0.25, -0.2) is 0 Å². The molecule has 0 fully saturated rings. The molecule has 9 heteroatoms. The van der Waals surface area contributed by atoms with E-state index in [9.17, 15) is 18.0 Å². The summed E-state index contributed by atoms with van der Waals surface area (Å²) < 4.78 is 39.0.